The van der Waals surface area contributed by atoms with Crippen LogP contribution in [0.5, 0.6) is 0 Å². The molecule has 0 saturated carbocycles. The predicted molar refractivity (Wildman–Crippen MR) is 60.7 cm³/mol. The highest BCUT2D eigenvalue weighted by molar-refractivity contribution is 9.10. The largest absolute Gasteiger partial charge is 0.364 e. The fourth-order valence-electron chi connectivity index (χ4n) is 1.23. The van der Waals surface area contributed by atoms with Crippen molar-refractivity contribution in [2.24, 2.45) is 5.73 Å². The number of hydrogen-bond donors (Lipinski definition) is 1. The molecule has 1 amide bonds. The van der Waals surface area contributed by atoms with Crippen molar-refractivity contribution in [3.63, 3.8) is 0 Å². The van der Waals surface area contributed by atoms with Crippen LogP contribution in [0, 0.1) is 5.82 Å². The van der Waals surface area contributed by atoms with Crippen molar-refractivity contribution in [3.05, 3.63) is 33.1 Å². The molecule has 0 aliphatic carbocycles. The van der Waals surface area contributed by atoms with E-state index in [1.54, 1.807) is 0 Å². The van der Waals surface area contributed by atoms with Crippen LogP contribution >= 0.6 is 27.5 Å². The van der Waals surface area contributed by atoms with Crippen LogP contribution in [0.4, 0.5) is 4.39 Å². The third kappa shape index (κ3) is 1.74. The van der Waals surface area contributed by atoms with E-state index in [4.69, 9.17) is 17.3 Å². The SMILES string of the molecule is NC(=O)c1nnc2cc(F)c(Br)cc2c1Cl. The first-order valence-electron chi connectivity index (χ1n) is 4.11. The van der Waals surface area contributed by atoms with Gasteiger partial charge in [-0.25, -0.2) is 4.39 Å². The van der Waals surface area contributed by atoms with Crippen LogP contribution in [0.15, 0.2) is 16.6 Å². The van der Waals surface area contributed by atoms with Crippen LogP contribution in [-0.4, -0.2) is 16.1 Å². The van der Waals surface area contributed by atoms with Crippen molar-refractivity contribution in [2.75, 3.05) is 0 Å². The van der Waals surface area contributed by atoms with Crippen molar-refractivity contribution in [1.29, 1.82) is 0 Å². The molecule has 2 rings (SSSR count). The number of nitrogens with zero attached hydrogens (tertiary/aromatic N) is 2. The van der Waals surface area contributed by atoms with Crippen LogP contribution in [0.2, 0.25) is 5.02 Å². The molecule has 0 bridgehead atoms. The zero-order chi connectivity index (χ0) is 11.9. The lowest BCUT2D eigenvalue weighted by Gasteiger charge is -2.03. The zero-order valence-corrected chi connectivity index (χ0v) is 10.0. The summed E-state index contributed by atoms with van der Waals surface area (Å²) in [5.41, 5.74) is 5.19. The maximum atomic E-state index is 13.2. The summed E-state index contributed by atoms with van der Waals surface area (Å²) in [7, 11) is 0. The van der Waals surface area contributed by atoms with Gasteiger partial charge in [0.25, 0.3) is 5.91 Å². The molecule has 0 aliphatic heterocycles. The van der Waals surface area contributed by atoms with Gasteiger partial charge >= 0.3 is 0 Å². The Labute approximate surface area is 103 Å². The quantitative estimate of drug-likeness (QED) is 0.879. The van der Waals surface area contributed by atoms with Gasteiger partial charge in [-0.15, -0.1) is 10.2 Å². The molecule has 2 aromatic rings. The molecule has 0 unspecified atom stereocenters. The monoisotopic (exact) mass is 303 g/mol. The number of rotatable bonds is 1. The molecule has 0 saturated heterocycles. The van der Waals surface area contributed by atoms with Gasteiger partial charge in [0.15, 0.2) is 5.69 Å². The van der Waals surface area contributed by atoms with Gasteiger partial charge in [-0.1, -0.05) is 11.6 Å². The first-order valence-corrected chi connectivity index (χ1v) is 5.28. The highest BCUT2D eigenvalue weighted by Crippen LogP contribution is 2.28. The lowest BCUT2D eigenvalue weighted by Crippen LogP contribution is -2.14. The first-order chi connectivity index (χ1) is 7.50. The number of carbonyl (C=O) groups excluding carboxylic acids is 1. The Morgan fingerprint density at radius 1 is 1.44 bits per heavy atom. The first kappa shape index (κ1) is 11.2. The minimum Gasteiger partial charge on any atom is -0.364 e. The fourth-order valence-corrected chi connectivity index (χ4v) is 1.85. The number of carbonyl (C=O) groups is 1. The van der Waals surface area contributed by atoms with E-state index in [0.29, 0.717) is 5.39 Å². The number of primary amides is 1. The highest BCUT2D eigenvalue weighted by Gasteiger charge is 2.14. The average molecular weight is 305 g/mol. The normalized spacial score (nSPS) is 10.7. The molecule has 1 aromatic carbocycles. The van der Waals surface area contributed by atoms with Crippen LogP contribution in [-0.2, 0) is 0 Å². The molecule has 82 valence electrons. The molecule has 0 atom stereocenters. The molecule has 1 aromatic heterocycles. The van der Waals surface area contributed by atoms with E-state index in [2.05, 4.69) is 26.1 Å². The molecule has 0 spiro atoms. The Bertz CT molecular complexity index is 605. The van der Waals surface area contributed by atoms with Crippen LogP contribution in [0.25, 0.3) is 10.9 Å². The summed E-state index contributed by atoms with van der Waals surface area (Å²) in [5, 5.41) is 7.69. The maximum Gasteiger partial charge on any atom is 0.270 e. The number of aromatic nitrogens is 2. The van der Waals surface area contributed by atoms with E-state index in [-0.39, 0.29) is 20.7 Å². The van der Waals surface area contributed by atoms with Gasteiger partial charge in [0.1, 0.15) is 5.82 Å². The number of benzene rings is 1. The minimum absolute atomic E-state index is 0.0678. The zero-order valence-electron chi connectivity index (χ0n) is 7.67. The van der Waals surface area contributed by atoms with E-state index < -0.39 is 11.7 Å². The van der Waals surface area contributed by atoms with Crippen molar-refractivity contribution < 1.29 is 9.18 Å². The summed E-state index contributed by atoms with van der Waals surface area (Å²) in [5.74, 6) is -1.26. The molecule has 16 heavy (non-hydrogen) atoms. The molecule has 0 radical (unpaired) electrons. The second-order valence-electron chi connectivity index (χ2n) is 3.01. The predicted octanol–water partition coefficient (Wildman–Crippen LogP) is 2.28. The molecule has 4 nitrogen and oxygen atoms in total. The molecule has 0 fully saturated rings. The number of hydrogen-bond acceptors (Lipinski definition) is 3. The van der Waals surface area contributed by atoms with Crippen LogP contribution in [0.3, 0.4) is 0 Å². The third-order valence-corrected chi connectivity index (χ3v) is 2.96. The smallest absolute Gasteiger partial charge is 0.270 e. The van der Waals surface area contributed by atoms with E-state index in [1.807, 2.05) is 0 Å². The molecule has 0 aliphatic rings. The van der Waals surface area contributed by atoms with Gasteiger partial charge in [-0.3, -0.25) is 4.79 Å². The number of halogens is 3. The molecule has 1 heterocycles. The Hall–Kier alpha value is -1.27. The Morgan fingerprint density at radius 2 is 2.12 bits per heavy atom. The van der Waals surface area contributed by atoms with Gasteiger partial charge in [-0.2, -0.15) is 0 Å². The van der Waals surface area contributed by atoms with Crippen molar-refractivity contribution in [2.45, 2.75) is 0 Å². The third-order valence-electron chi connectivity index (χ3n) is 1.97. The van der Waals surface area contributed by atoms with E-state index >= 15 is 0 Å². The lowest BCUT2D eigenvalue weighted by atomic mass is 10.2. The summed E-state index contributed by atoms with van der Waals surface area (Å²) < 4.78 is 13.4. The summed E-state index contributed by atoms with van der Waals surface area (Å²) >= 11 is 8.93. The van der Waals surface area contributed by atoms with Crippen molar-refractivity contribution in [3.8, 4) is 0 Å². The summed E-state index contributed by atoms with van der Waals surface area (Å²) in [6.07, 6.45) is 0. The molecular formula is C9H4BrClFN3O. The topological polar surface area (TPSA) is 68.9 Å². The number of nitrogens with two attached hydrogens (primary N) is 1. The van der Waals surface area contributed by atoms with Gasteiger partial charge in [0.05, 0.1) is 15.0 Å². The number of amides is 1. The van der Waals surface area contributed by atoms with Gasteiger partial charge in [-0.05, 0) is 22.0 Å². The fraction of sp³-hybridized carbons (Fsp3) is 0. The van der Waals surface area contributed by atoms with Crippen molar-refractivity contribution >= 4 is 44.3 Å². The highest BCUT2D eigenvalue weighted by atomic mass is 79.9. The molecule has 7 heteroatoms. The molecule has 2 N–H and O–H groups in total. The average Bonchev–Trinajstić information content (AvgIpc) is 2.21. The van der Waals surface area contributed by atoms with E-state index in [9.17, 15) is 9.18 Å². The van der Waals surface area contributed by atoms with Crippen LogP contribution in [0.1, 0.15) is 10.5 Å². The maximum absolute atomic E-state index is 13.2. The Kier molecular flexibility index (Phi) is 2.77. The van der Waals surface area contributed by atoms with Crippen molar-refractivity contribution in [1.82, 2.24) is 10.2 Å². The second-order valence-corrected chi connectivity index (χ2v) is 4.24. The van der Waals surface area contributed by atoms with Gasteiger partial charge < -0.3 is 5.73 Å². The summed E-state index contributed by atoms with van der Waals surface area (Å²) in [4.78, 5) is 11.0. The van der Waals surface area contributed by atoms with E-state index in [1.165, 1.54) is 12.1 Å². The van der Waals surface area contributed by atoms with E-state index in [0.717, 1.165) is 0 Å². The van der Waals surface area contributed by atoms with Gasteiger partial charge in [0.2, 0.25) is 0 Å². The lowest BCUT2D eigenvalue weighted by molar-refractivity contribution is 0.0995. The summed E-state index contributed by atoms with van der Waals surface area (Å²) in [6.45, 7) is 0. The minimum atomic E-state index is -0.778. The number of fused-ring (bicyclic) bond motifs is 1. The second kappa shape index (κ2) is 3.95. The Balaban J connectivity index is 2.84. The summed E-state index contributed by atoms with van der Waals surface area (Å²) in [6, 6.07) is 2.59. The Morgan fingerprint density at radius 3 is 2.75 bits per heavy atom. The standard InChI is InChI=1S/C9H4BrClFN3O/c10-4-1-3-6(2-5(4)12)14-15-8(7(3)11)9(13)16/h1-2H,(H2,13,16). The molecular weight excluding hydrogens is 300 g/mol. The van der Waals surface area contributed by atoms with Crippen LogP contribution < -0.4 is 5.73 Å². The van der Waals surface area contributed by atoms with Gasteiger partial charge in [0, 0.05) is 11.5 Å².